The number of nitrogens with zero attached hydrogens (tertiary/aromatic N) is 2. The molecule has 0 spiro atoms. The molecule has 1 saturated heterocycles. The van der Waals surface area contributed by atoms with Crippen molar-refractivity contribution >= 4 is 0 Å². The Hall–Kier alpha value is -1.60. The summed E-state index contributed by atoms with van der Waals surface area (Å²) in [5, 5.41) is 8.96. The highest BCUT2D eigenvalue weighted by Crippen LogP contribution is 2.29. The van der Waals surface area contributed by atoms with Crippen LogP contribution in [0.5, 0.6) is 5.88 Å². The van der Waals surface area contributed by atoms with Crippen molar-refractivity contribution in [3.05, 3.63) is 23.4 Å². The Morgan fingerprint density at radius 2 is 2.44 bits per heavy atom. The summed E-state index contributed by atoms with van der Waals surface area (Å²) in [6.07, 6.45) is 5.09. The fourth-order valence-corrected chi connectivity index (χ4v) is 1.89. The molecule has 0 aliphatic carbocycles. The molecule has 1 aromatic heterocycles. The Balaban J connectivity index is 2.25. The van der Waals surface area contributed by atoms with Crippen molar-refractivity contribution in [1.82, 2.24) is 4.98 Å². The molecule has 4 nitrogen and oxygen atoms in total. The molecular formula is C12H14N2O2. The monoisotopic (exact) mass is 218 g/mol. The first-order chi connectivity index (χ1) is 7.85. The molecule has 2 rings (SSSR count). The normalized spacial score (nSPS) is 20.1. The Morgan fingerprint density at radius 1 is 1.56 bits per heavy atom. The summed E-state index contributed by atoms with van der Waals surface area (Å²) < 4.78 is 10.7. The molecule has 4 heteroatoms. The Kier molecular flexibility index (Phi) is 3.37. The molecule has 0 radical (unpaired) electrons. The van der Waals surface area contributed by atoms with Crippen LogP contribution in [-0.2, 0) is 4.74 Å². The molecule has 84 valence electrons. The van der Waals surface area contributed by atoms with Gasteiger partial charge >= 0.3 is 0 Å². The van der Waals surface area contributed by atoms with Crippen LogP contribution in [0.2, 0.25) is 0 Å². The van der Waals surface area contributed by atoms with Crippen LogP contribution >= 0.6 is 0 Å². The number of nitriles is 1. The number of hydrogen-bond acceptors (Lipinski definition) is 4. The van der Waals surface area contributed by atoms with Gasteiger partial charge in [-0.05, 0) is 25.3 Å². The van der Waals surface area contributed by atoms with E-state index in [2.05, 4.69) is 11.1 Å². The highest BCUT2D eigenvalue weighted by molar-refractivity contribution is 5.40. The van der Waals surface area contributed by atoms with Gasteiger partial charge in [0.05, 0.1) is 13.2 Å². The van der Waals surface area contributed by atoms with Crippen molar-refractivity contribution in [2.24, 2.45) is 0 Å². The quantitative estimate of drug-likeness (QED) is 0.763. The molecule has 0 saturated carbocycles. The van der Waals surface area contributed by atoms with Gasteiger partial charge in [-0.1, -0.05) is 0 Å². The average molecular weight is 218 g/mol. The summed E-state index contributed by atoms with van der Waals surface area (Å²) in [7, 11) is 1.51. The van der Waals surface area contributed by atoms with Gasteiger partial charge in [-0.15, -0.1) is 0 Å². The smallest absolute Gasteiger partial charge is 0.231 e. The maximum absolute atomic E-state index is 8.96. The lowest BCUT2D eigenvalue weighted by molar-refractivity contribution is 0.0147. The number of pyridine rings is 1. The van der Waals surface area contributed by atoms with Gasteiger partial charge in [0, 0.05) is 18.4 Å². The van der Waals surface area contributed by atoms with Crippen LogP contribution in [0.25, 0.3) is 0 Å². The minimum Gasteiger partial charge on any atom is -0.480 e. The van der Waals surface area contributed by atoms with E-state index in [0.29, 0.717) is 11.4 Å². The molecule has 16 heavy (non-hydrogen) atoms. The summed E-state index contributed by atoms with van der Waals surface area (Å²) in [6, 6.07) is 3.89. The predicted molar refractivity (Wildman–Crippen MR) is 58.0 cm³/mol. The van der Waals surface area contributed by atoms with Gasteiger partial charge in [0.25, 0.3) is 0 Å². The zero-order valence-electron chi connectivity index (χ0n) is 9.27. The second-order valence-corrected chi connectivity index (χ2v) is 3.79. The van der Waals surface area contributed by atoms with Gasteiger partial charge in [-0.3, -0.25) is 0 Å². The molecular weight excluding hydrogens is 204 g/mol. The number of ether oxygens (including phenoxy) is 2. The number of rotatable bonds is 2. The molecule has 1 unspecified atom stereocenters. The molecule has 1 aromatic rings. The van der Waals surface area contributed by atoms with Crippen molar-refractivity contribution < 1.29 is 9.47 Å². The van der Waals surface area contributed by atoms with Crippen LogP contribution in [0, 0.1) is 11.3 Å². The topological polar surface area (TPSA) is 55.1 Å². The standard InChI is InChI=1S/C12H14N2O2/c1-15-12-9(7-13)6-10(8-14-12)11-4-2-3-5-16-11/h6,8,11H,2-5H2,1H3. The van der Waals surface area contributed by atoms with Gasteiger partial charge < -0.3 is 9.47 Å². The van der Waals surface area contributed by atoms with E-state index in [1.54, 1.807) is 6.20 Å². The van der Waals surface area contributed by atoms with Gasteiger partial charge in [-0.2, -0.15) is 5.26 Å². The fourth-order valence-electron chi connectivity index (χ4n) is 1.89. The molecule has 0 amide bonds. The highest BCUT2D eigenvalue weighted by atomic mass is 16.5. The minimum atomic E-state index is 0.0826. The van der Waals surface area contributed by atoms with Gasteiger partial charge in [-0.25, -0.2) is 4.98 Å². The summed E-state index contributed by atoms with van der Waals surface area (Å²) in [5.41, 5.74) is 1.44. The summed E-state index contributed by atoms with van der Waals surface area (Å²) in [5.74, 6) is 0.377. The van der Waals surface area contributed by atoms with E-state index in [9.17, 15) is 0 Å². The zero-order valence-corrected chi connectivity index (χ0v) is 9.27. The first-order valence-electron chi connectivity index (χ1n) is 5.41. The molecule has 1 atom stereocenters. The predicted octanol–water partition coefficient (Wildman–Crippen LogP) is 2.20. The fraction of sp³-hybridized carbons (Fsp3) is 0.500. The van der Waals surface area contributed by atoms with E-state index >= 15 is 0 Å². The summed E-state index contributed by atoms with van der Waals surface area (Å²) >= 11 is 0. The lowest BCUT2D eigenvalue weighted by Crippen LogP contribution is -2.12. The number of aromatic nitrogens is 1. The first-order valence-corrected chi connectivity index (χ1v) is 5.41. The highest BCUT2D eigenvalue weighted by Gasteiger charge is 2.18. The first kappa shape index (κ1) is 10.9. The Bertz CT molecular complexity index is 406. The van der Waals surface area contributed by atoms with E-state index in [1.807, 2.05) is 6.07 Å². The largest absolute Gasteiger partial charge is 0.480 e. The number of hydrogen-bond donors (Lipinski definition) is 0. The van der Waals surface area contributed by atoms with Crippen molar-refractivity contribution in [1.29, 1.82) is 5.26 Å². The van der Waals surface area contributed by atoms with Gasteiger partial charge in [0.15, 0.2) is 0 Å². The van der Waals surface area contributed by atoms with E-state index in [-0.39, 0.29) is 6.10 Å². The lowest BCUT2D eigenvalue weighted by atomic mass is 10.0. The number of methoxy groups -OCH3 is 1. The van der Waals surface area contributed by atoms with Crippen LogP contribution in [0.15, 0.2) is 12.3 Å². The van der Waals surface area contributed by atoms with E-state index in [1.165, 1.54) is 13.5 Å². The van der Waals surface area contributed by atoms with Crippen molar-refractivity contribution in [2.45, 2.75) is 25.4 Å². The molecule has 0 N–H and O–H groups in total. The SMILES string of the molecule is COc1ncc(C2CCCCO2)cc1C#N. The van der Waals surface area contributed by atoms with Crippen molar-refractivity contribution in [2.75, 3.05) is 13.7 Å². The summed E-state index contributed by atoms with van der Waals surface area (Å²) in [6.45, 7) is 0.790. The van der Waals surface area contributed by atoms with Crippen LogP contribution < -0.4 is 4.74 Å². The molecule has 1 aliphatic heterocycles. The van der Waals surface area contributed by atoms with E-state index < -0.39 is 0 Å². The maximum atomic E-state index is 8.96. The third kappa shape index (κ3) is 2.15. The molecule has 0 bridgehead atoms. The van der Waals surface area contributed by atoms with Gasteiger partial charge in [0.1, 0.15) is 11.6 Å². The summed E-state index contributed by atoms with van der Waals surface area (Å²) in [4.78, 5) is 4.12. The van der Waals surface area contributed by atoms with Crippen LogP contribution in [0.3, 0.4) is 0 Å². The van der Waals surface area contributed by atoms with Crippen molar-refractivity contribution in [3.8, 4) is 11.9 Å². The average Bonchev–Trinajstić information content (AvgIpc) is 2.39. The molecule has 2 heterocycles. The molecule has 0 aromatic carbocycles. The third-order valence-electron chi connectivity index (χ3n) is 2.74. The van der Waals surface area contributed by atoms with Crippen LogP contribution in [-0.4, -0.2) is 18.7 Å². The van der Waals surface area contributed by atoms with E-state index in [4.69, 9.17) is 14.7 Å². The van der Waals surface area contributed by atoms with E-state index in [0.717, 1.165) is 25.0 Å². The Morgan fingerprint density at radius 3 is 3.06 bits per heavy atom. The minimum absolute atomic E-state index is 0.0826. The lowest BCUT2D eigenvalue weighted by Gasteiger charge is -2.22. The maximum Gasteiger partial charge on any atom is 0.231 e. The third-order valence-corrected chi connectivity index (χ3v) is 2.74. The zero-order chi connectivity index (χ0) is 11.4. The Labute approximate surface area is 94.8 Å². The van der Waals surface area contributed by atoms with Crippen LogP contribution in [0.4, 0.5) is 0 Å². The molecule has 1 aliphatic rings. The molecule has 1 fully saturated rings. The van der Waals surface area contributed by atoms with Gasteiger partial charge in [0.2, 0.25) is 5.88 Å². The second-order valence-electron chi connectivity index (χ2n) is 3.79. The second kappa shape index (κ2) is 4.95. The van der Waals surface area contributed by atoms with Crippen LogP contribution in [0.1, 0.15) is 36.5 Å². The van der Waals surface area contributed by atoms with Crippen molar-refractivity contribution in [3.63, 3.8) is 0 Å².